The number of rotatable bonds is 5. The molecule has 31 heavy (non-hydrogen) atoms. The van der Waals surface area contributed by atoms with Gasteiger partial charge in [-0.15, -0.1) is 0 Å². The van der Waals surface area contributed by atoms with E-state index in [4.69, 9.17) is 9.72 Å². The van der Waals surface area contributed by atoms with Crippen molar-refractivity contribution in [3.8, 4) is 5.88 Å². The highest BCUT2D eigenvalue weighted by molar-refractivity contribution is 6.05. The number of piperazine rings is 1. The van der Waals surface area contributed by atoms with E-state index in [2.05, 4.69) is 47.7 Å². The van der Waals surface area contributed by atoms with E-state index in [1.54, 1.807) is 25.7 Å². The number of pyridine rings is 1. The third-order valence-electron chi connectivity index (χ3n) is 5.60. The van der Waals surface area contributed by atoms with Gasteiger partial charge in [0.25, 0.3) is 5.91 Å². The minimum absolute atomic E-state index is 0.0222. The fourth-order valence-electron chi connectivity index (χ4n) is 3.79. The molecule has 0 saturated carbocycles. The molecule has 1 aliphatic heterocycles. The molecule has 4 heterocycles. The molecule has 1 amide bonds. The van der Waals surface area contributed by atoms with Gasteiger partial charge < -0.3 is 14.5 Å². The predicted octanol–water partition coefficient (Wildman–Crippen LogP) is 2.90. The first-order valence-electron chi connectivity index (χ1n) is 10.7. The molecule has 0 bridgehead atoms. The molecule has 3 aromatic heterocycles. The molecule has 4 rings (SSSR count). The second-order valence-electron chi connectivity index (χ2n) is 8.37. The van der Waals surface area contributed by atoms with Gasteiger partial charge >= 0.3 is 0 Å². The Kier molecular flexibility index (Phi) is 5.75. The lowest BCUT2D eigenvalue weighted by Gasteiger charge is -2.35. The summed E-state index contributed by atoms with van der Waals surface area (Å²) in [6.07, 6.45) is 5.07. The van der Waals surface area contributed by atoms with Crippen LogP contribution < -0.4 is 9.64 Å². The Morgan fingerprint density at radius 1 is 1.03 bits per heavy atom. The molecular weight excluding hydrogens is 394 g/mol. The van der Waals surface area contributed by atoms with E-state index in [-0.39, 0.29) is 17.9 Å². The third-order valence-corrected chi connectivity index (χ3v) is 5.60. The molecular formula is C22H29N7O2. The standard InChI is InChI=1S/C22H29N7O2/c1-14(2)18-10-16(17-11-24-29(15(3)4)21(17)25-18)22(30)28-8-6-27(7-9-28)19-12-23-13-20(26-19)31-5/h10-15H,6-9H2,1-5H3. The van der Waals surface area contributed by atoms with Crippen molar-refractivity contribution < 1.29 is 9.53 Å². The zero-order chi connectivity index (χ0) is 22.1. The molecule has 9 heteroatoms. The zero-order valence-corrected chi connectivity index (χ0v) is 18.7. The molecule has 0 unspecified atom stereocenters. The van der Waals surface area contributed by atoms with E-state index in [1.807, 2.05) is 15.6 Å². The fourth-order valence-corrected chi connectivity index (χ4v) is 3.79. The maximum absolute atomic E-state index is 13.5. The number of ether oxygens (including phenoxy) is 1. The number of fused-ring (bicyclic) bond motifs is 1. The van der Waals surface area contributed by atoms with Crippen LogP contribution in [0, 0.1) is 0 Å². The van der Waals surface area contributed by atoms with Gasteiger partial charge in [0.05, 0.1) is 36.7 Å². The van der Waals surface area contributed by atoms with E-state index >= 15 is 0 Å². The van der Waals surface area contributed by atoms with Crippen LogP contribution in [-0.2, 0) is 0 Å². The summed E-state index contributed by atoms with van der Waals surface area (Å²) in [4.78, 5) is 31.0. The van der Waals surface area contributed by atoms with Gasteiger partial charge in [0, 0.05) is 37.9 Å². The molecule has 3 aromatic rings. The number of carbonyl (C=O) groups is 1. The largest absolute Gasteiger partial charge is 0.480 e. The van der Waals surface area contributed by atoms with Crippen LogP contribution in [0.15, 0.2) is 24.7 Å². The lowest BCUT2D eigenvalue weighted by atomic mass is 10.0. The molecule has 0 atom stereocenters. The van der Waals surface area contributed by atoms with Crippen molar-refractivity contribution in [3.05, 3.63) is 35.9 Å². The van der Waals surface area contributed by atoms with Crippen LogP contribution in [0.5, 0.6) is 5.88 Å². The van der Waals surface area contributed by atoms with Crippen molar-refractivity contribution in [2.45, 2.75) is 39.7 Å². The molecule has 0 spiro atoms. The van der Waals surface area contributed by atoms with E-state index in [1.165, 1.54) is 0 Å². The number of anilines is 1. The van der Waals surface area contributed by atoms with Gasteiger partial charge in [0.2, 0.25) is 5.88 Å². The van der Waals surface area contributed by atoms with Crippen LogP contribution >= 0.6 is 0 Å². The smallest absolute Gasteiger partial charge is 0.254 e. The Balaban J connectivity index is 1.58. The van der Waals surface area contributed by atoms with E-state index in [0.29, 0.717) is 37.6 Å². The number of aromatic nitrogens is 5. The van der Waals surface area contributed by atoms with Gasteiger partial charge in [0.15, 0.2) is 11.5 Å². The lowest BCUT2D eigenvalue weighted by Crippen LogP contribution is -2.49. The average Bonchev–Trinajstić information content (AvgIpc) is 3.22. The Morgan fingerprint density at radius 2 is 1.77 bits per heavy atom. The fraction of sp³-hybridized carbons (Fsp3) is 0.500. The predicted molar refractivity (Wildman–Crippen MR) is 119 cm³/mol. The first-order valence-corrected chi connectivity index (χ1v) is 10.7. The topological polar surface area (TPSA) is 89.3 Å². The second-order valence-corrected chi connectivity index (χ2v) is 8.37. The molecule has 0 aromatic carbocycles. The van der Waals surface area contributed by atoms with E-state index in [9.17, 15) is 4.79 Å². The Hall–Kier alpha value is -3.23. The summed E-state index contributed by atoms with van der Waals surface area (Å²) in [5.41, 5.74) is 2.36. The number of carbonyl (C=O) groups excluding carboxylic acids is 1. The molecule has 1 saturated heterocycles. The van der Waals surface area contributed by atoms with Crippen molar-refractivity contribution in [1.29, 1.82) is 0 Å². The Morgan fingerprint density at radius 3 is 2.42 bits per heavy atom. The van der Waals surface area contributed by atoms with Gasteiger partial charge in [-0.25, -0.2) is 9.67 Å². The van der Waals surface area contributed by atoms with Crippen LogP contribution in [-0.4, -0.2) is 68.8 Å². The number of nitrogens with zero attached hydrogens (tertiary/aromatic N) is 7. The highest BCUT2D eigenvalue weighted by Gasteiger charge is 2.26. The maximum atomic E-state index is 13.5. The molecule has 1 fully saturated rings. The summed E-state index contributed by atoms with van der Waals surface area (Å²) in [6, 6.07) is 2.10. The molecule has 164 valence electrons. The van der Waals surface area contributed by atoms with Crippen LogP contribution in [0.3, 0.4) is 0 Å². The first kappa shape index (κ1) is 21.0. The summed E-state index contributed by atoms with van der Waals surface area (Å²) >= 11 is 0. The minimum Gasteiger partial charge on any atom is -0.480 e. The van der Waals surface area contributed by atoms with Gasteiger partial charge in [-0.1, -0.05) is 13.8 Å². The minimum atomic E-state index is 0.0222. The normalized spacial score (nSPS) is 14.7. The van der Waals surface area contributed by atoms with Gasteiger partial charge in [-0.05, 0) is 25.8 Å². The molecule has 9 nitrogen and oxygen atoms in total. The lowest BCUT2D eigenvalue weighted by molar-refractivity contribution is 0.0748. The van der Waals surface area contributed by atoms with Gasteiger partial charge in [-0.3, -0.25) is 9.78 Å². The van der Waals surface area contributed by atoms with Crippen LogP contribution in [0.25, 0.3) is 11.0 Å². The SMILES string of the molecule is COc1cncc(N2CCN(C(=O)c3cc(C(C)C)nc4c3cnn4C(C)C)CC2)n1. The highest BCUT2D eigenvalue weighted by Crippen LogP contribution is 2.26. The third kappa shape index (κ3) is 4.04. The van der Waals surface area contributed by atoms with E-state index in [0.717, 1.165) is 22.5 Å². The highest BCUT2D eigenvalue weighted by atomic mass is 16.5. The first-order chi connectivity index (χ1) is 14.9. The van der Waals surface area contributed by atoms with Crippen LogP contribution in [0.4, 0.5) is 5.82 Å². The quantitative estimate of drug-likeness (QED) is 0.623. The summed E-state index contributed by atoms with van der Waals surface area (Å²) in [7, 11) is 1.58. The Bertz CT molecular complexity index is 1080. The second kappa shape index (κ2) is 8.49. The monoisotopic (exact) mass is 423 g/mol. The van der Waals surface area contributed by atoms with Crippen LogP contribution in [0.2, 0.25) is 0 Å². The maximum Gasteiger partial charge on any atom is 0.254 e. The molecule has 0 radical (unpaired) electrons. The number of hydrogen-bond acceptors (Lipinski definition) is 7. The number of hydrogen-bond donors (Lipinski definition) is 0. The summed E-state index contributed by atoms with van der Waals surface area (Å²) in [5, 5.41) is 5.31. The van der Waals surface area contributed by atoms with Crippen molar-refractivity contribution in [1.82, 2.24) is 29.6 Å². The zero-order valence-electron chi connectivity index (χ0n) is 18.7. The molecule has 0 N–H and O–H groups in total. The van der Waals surface area contributed by atoms with Crippen molar-refractivity contribution >= 4 is 22.8 Å². The van der Waals surface area contributed by atoms with Crippen LogP contribution in [0.1, 0.15) is 55.7 Å². The Labute approximate surface area is 182 Å². The van der Waals surface area contributed by atoms with Crippen molar-refractivity contribution in [3.63, 3.8) is 0 Å². The van der Waals surface area contributed by atoms with Crippen molar-refractivity contribution in [2.24, 2.45) is 0 Å². The average molecular weight is 424 g/mol. The summed E-state index contributed by atoms with van der Waals surface area (Å²) in [6.45, 7) is 10.9. The summed E-state index contributed by atoms with van der Waals surface area (Å²) in [5.74, 6) is 1.49. The molecule has 1 aliphatic rings. The van der Waals surface area contributed by atoms with Crippen molar-refractivity contribution in [2.75, 3.05) is 38.2 Å². The summed E-state index contributed by atoms with van der Waals surface area (Å²) < 4.78 is 7.06. The number of amides is 1. The molecule has 0 aliphatic carbocycles. The number of methoxy groups -OCH3 is 1. The van der Waals surface area contributed by atoms with Gasteiger partial charge in [-0.2, -0.15) is 10.1 Å². The van der Waals surface area contributed by atoms with Gasteiger partial charge in [0.1, 0.15) is 0 Å². The van der Waals surface area contributed by atoms with E-state index < -0.39 is 0 Å².